The molecule has 0 spiro atoms. The number of hydrogen-bond acceptors (Lipinski definition) is 3. The van der Waals surface area contributed by atoms with E-state index in [1.165, 1.54) is 11.6 Å². The fraction of sp³-hybridized carbons (Fsp3) is 0.286. The van der Waals surface area contributed by atoms with Gasteiger partial charge < -0.3 is 10.2 Å². The Kier molecular flexibility index (Phi) is 4.52. The normalized spacial score (nSPS) is 24.8. The van der Waals surface area contributed by atoms with Gasteiger partial charge in [0.1, 0.15) is 0 Å². The molecule has 2 heterocycles. The molecule has 4 rings (SSSR count). The van der Waals surface area contributed by atoms with Crippen LogP contribution in [0.1, 0.15) is 29.9 Å². The summed E-state index contributed by atoms with van der Waals surface area (Å²) in [4.78, 5) is 30.4. The van der Waals surface area contributed by atoms with Gasteiger partial charge in [0.05, 0.1) is 6.04 Å². The Morgan fingerprint density at radius 1 is 1.19 bits per heavy atom. The number of pyridine rings is 1. The van der Waals surface area contributed by atoms with E-state index in [1.807, 2.05) is 35.2 Å². The smallest absolute Gasteiger partial charge is 0.244 e. The van der Waals surface area contributed by atoms with Crippen LogP contribution in [0.5, 0.6) is 0 Å². The second kappa shape index (κ2) is 7.12. The average Bonchev–Trinajstić information content (AvgIpc) is 3.38. The zero-order chi connectivity index (χ0) is 17.9. The van der Waals surface area contributed by atoms with Crippen molar-refractivity contribution >= 4 is 17.9 Å². The molecule has 3 atom stereocenters. The molecule has 2 aliphatic rings. The number of rotatable bonds is 5. The van der Waals surface area contributed by atoms with Gasteiger partial charge in [0.2, 0.25) is 11.8 Å². The van der Waals surface area contributed by atoms with Crippen LogP contribution in [0.2, 0.25) is 0 Å². The van der Waals surface area contributed by atoms with E-state index in [0.717, 1.165) is 12.0 Å². The number of benzene rings is 1. The molecule has 5 nitrogen and oxygen atoms in total. The third kappa shape index (κ3) is 3.67. The highest BCUT2D eigenvalue weighted by Gasteiger charge is 2.47. The van der Waals surface area contributed by atoms with Crippen molar-refractivity contribution in [2.45, 2.75) is 30.8 Å². The number of nitrogens with zero attached hydrogens (tertiary/aromatic N) is 2. The van der Waals surface area contributed by atoms with Crippen molar-refractivity contribution in [1.82, 2.24) is 15.2 Å². The number of hydrogen-bond donors (Lipinski definition) is 1. The van der Waals surface area contributed by atoms with Crippen LogP contribution in [0.4, 0.5) is 0 Å². The topological polar surface area (TPSA) is 62.3 Å². The first-order chi connectivity index (χ1) is 12.7. The van der Waals surface area contributed by atoms with Gasteiger partial charge >= 0.3 is 0 Å². The summed E-state index contributed by atoms with van der Waals surface area (Å²) >= 11 is 0. The standard InChI is InChI=1S/C21H21N3O2/c25-20(9-8-15-5-4-10-22-13-15)23-17-11-21(26)24(14-17)19-12-18(19)16-6-2-1-3-7-16/h1-10,13,17-19H,11-12,14H2,(H,23,25)/b9-8-/t17-,18+,19-/m1/s1. The molecule has 2 amide bonds. The van der Waals surface area contributed by atoms with Crippen LogP contribution in [-0.4, -0.2) is 40.3 Å². The Labute approximate surface area is 152 Å². The molecule has 5 heteroatoms. The van der Waals surface area contributed by atoms with Crippen molar-refractivity contribution in [3.05, 3.63) is 72.1 Å². The summed E-state index contributed by atoms with van der Waals surface area (Å²) in [5, 5.41) is 2.94. The summed E-state index contributed by atoms with van der Waals surface area (Å²) in [6, 6.07) is 14.2. The largest absolute Gasteiger partial charge is 0.348 e. The van der Waals surface area contributed by atoms with Gasteiger partial charge in [0.15, 0.2) is 0 Å². The van der Waals surface area contributed by atoms with Crippen LogP contribution in [0.3, 0.4) is 0 Å². The van der Waals surface area contributed by atoms with Crippen molar-refractivity contribution in [1.29, 1.82) is 0 Å². The number of nitrogens with one attached hydrogen (secondary N) is 1. The van der Waals surface area contributed by atoms with Gasteiger partial charge in [-0.25, -0.2) is 0 Å². The molecule has 26 heavy (non-hydrogen) atoms. The van der Waals surface area contributed by atoms with E-state index < -0.39 is 0 Å². The first kappa shape index (κ1) is 16.5. The summed E-state index contributed by atoms with van der Waals surface area (Å²) in [5.74, 6) is 0.388. The van der Waals surface area contributed by atoms with E-state index in [4.69, 9.17) is 0 Å². The monoisotopic (exact) mass is 347 g/mol. The molecule has 1 saturated heterocycles. The molecule has 1 aromatic heterocycles. The van der Waals surface area contributed by atoms with Crippen molar-refractivity contribution < 1.29 is 9.59 Å². The molecule has 1 aromatic carbocycles. The van der Waals surface area contributed by atoms with Crippen LogP contribution in [0.25, 0.3) is 6.08 Å². The van der Waals surface area contributed by atoms with Gasteiger partial charge in [-0.05, 0) is 29.7 Å². The third-order valence-electron chi connectivity index (χ3n) is 5.00. The Morgan fingerprint density at radius 2 is 2.04 bits per heavy atom. The summed E-state index contributed by atoms with van der Waals surface area (Å²) in [7, 11) is 0. The maximum atomic E-state index is 12.4. The minimum Gasteiger partial charge on any atom is -0.348 e. The summed E-state index contributed by atoms with van der Waals surface area (Å²) < 4.78 is 0. The zero-order valence-corrected chi connectivity index (χ0v) is 14.4. The molecule has 0 radical (unpaired) electrons. The van der Waals surface area contributed by atoms with E-state index in [-0.39, 0.29) is 23.9 Å². The second-order valence-corrected chi connectivity index (χ2v) is 6.90. The van der Waals surface area contributed by atoms with Crippen molar-refractivity contribution in [2.75, 3.05) is 6.54 Å². The van der Waals surface area contributed by atoms with Gasteiger partial charge in [0.25, 0.3) is 0 Å². The number of carbonyl (C=O) groups is 2. The van der Waals surface area contributed by atoms with Crippen molar-refractivity contribution in [3.8, 4) is 0 Å². The maximum Gasteiger partial charge on any atom is 0.244 e. The average molecular weight is 347 g/mol. The Bertz CT molecular complexity index is 820. The van der Waals surface area contributed by atoms with E-state index in [2.05, 4.69) is 22.4 Å². The van der Waals surface area contributed by atoms with E-state index >= 15 is 0 Å². The van der Waals surface area contributed by atoms with Gasteiger partial charge in [-0.1, -0.05) is 36.4 Å². The molecule has 2 aromatic rings. The maximum absolute atomic E-state index is 12.4. The zero-order valence-electron chi connectivity index (χ0n) is 14.4. The van der Waals surface area contributed by atoms with E-state index in [0.29, 0.717) is 18.9 Å². The lowest BCUT2D eigenvalue weighted by atomic mass is 10.1. The molecular formula is C21H21N3O2. The highest BCUT2D eigenvalue weighted by Crippen LogP contribution is 2.45. The van der Waals surface area contributed by atoms with Crippen molar-refractivity contribution in [3.63, 3.8) is 0 Å². The fourth-order valence-electron chi connectivity index (χ4n) is 3.63. The predicted octanol–water partition coefficient (Wildman–Crippen LogP) is 2.37. The van der Waals surface area contributed by atoms with Crippen LogP contribution in [0, 0.1) is 0 Å². The quantitative estimate of drug-likeness (QED) is 0.845. The molecule has 0 bridgehead atoms. The molecular weight excluding hydrogens is 326 g/mol. The number of likely N-dealkylation sites (tertiary alicyclic amines) is 1. The SMILES string of the molecule is O=C(/C=C\c1cccnc1)N[C@@H]1CC(=O)N([C@@H]2C[C@H]2c2ccccc2)C1. The third-order valence-corrected chi connectivity index (χ3v) is 5.00. The van der Waals surface area contributed by atoms with Crippen molar-refractivity contribution in [2.24, 2.45) is 0 Å². The van der Waals surface area contributed by atoms with Gasteiger partial charge in [-0.2, -0.15) is 0 Å². The van der Waals surface area contributed by atoms with Crippen LogP contribution < -0.4 is 5.32 Å². The number of aromatic nitrogens is 1. The molecule has 1 aliphatic carbocycles. The van der Waals surface area contributed by atoms with Gasteiger partial charge in [-0.15, -0.1) is 0 Å². The molecule has 1 N–H and O–H groups in total. The Morgan fingerprint density at radius 3 is 2.81 bits per heavy atom. The van der Waals surface area contributed by atoms with Crippen LogP contribution in [-0.2, 0) is 9.59 Å². The minimum atomic E-state index is -0.177. The highest BCUT2D eigenvalue weighted by atomic mass is 16.2. The first-order valence-corrected chi connectivity index (χ1v) is 8.94. The van der Waals surface area contributed by atoms with E-state index in [9.17, 15) is 9.59 Å². The summed E-state index contributed by atoms with van der Waals surface area (Å²) in [6.07, 6.45) is 8.00. The molecule has 1 aliphatic heterocycles. The molecule has 2 fully saturated rings. The Hall–Kier alpha value is -2.95. The fourth-order valence-corrected chi connectivity index (χ4v) is 3.63. The Balaban J connectivity index is 1.31. The summed E-state index contributed by atoms with van der Waals surface area (Å²) in [5.41, 5.74) is 2.16. The second-order valence-electron chi connectivity index (χ2n) is 6.90. The lowest BCUT2D eigenvalue weighted by Gasteiger charge is -2.17. The molecule has 0 unspecified atom stereocenters. The molecule has 132 valence electrons. The first-order valence-electron chi connectivity index (χ1n) is 8.94. The summed E-state index contributed by atoms with van der Waals surface area (Å²) in [6.45, 7) is 0.597. The van der Waals surface area contributed by atoms with E-state index in [1.54, 1.807) is 18.5 Å². The number of carbonyl (C=O) groups excluding carboxylic acids is 2. The van der Waals surface area contributed by atoms with Gasteiger partial charge in [-0.3, -0.25) is 14.6 Å². The minimum absolute atomic E-state index is 0.120. The van der Waals surface area contributed by atoms with Crippen LogP contribution in [0.15, 0.2) is 60.9 Å². The lowest BCUT2D eigenvalue weighted by molar-refractivity contribution is -0.128. The molecule has 1 saturated carbocycles. The number of amides is 2. The lowest BCUT2D eigenvalue weighted by Crippen LogP contribution is -2.37. The van der Waals surface area contributed by atoms with Gasteiger partial charge in [0, 0.05) is 43.4 Å². The van der Waals surface area contributed by atoms with Crippen LogP contribution >= 0.6 is 0 Å². The highest BCUT2D eigenvalue weighted by molar-refractivity contribution is 5.92. The predicted molar refractivity (Wildman–Crippen MR) is 99.1 cm³/mol.